The van der Waals surface area contributed by atoms with Crippen molar-refractivity contribution in [2.45, 2.75) is 6.92 Å². The number of likely N-dealkylation sites (N-methyl/N-ethyl adjacent to an activating group) is 1. The molecule has 2 amide bonds. The van der Waals surface area contributed by atoms with Crippen LogP contribution in [0.1, 0.15) is 18.2 Å². The number of nitrogens with zero attached hydrogens (tertiary/aromatic N) is 2. The van der Waals surface area contributed by atoms with E-state index < -0.39 is 0 Å². The Labute approximate surface area is 137 Å². The summed E-state index contributed by atoms with van der Waals surface area (Å²) in [5.41, 5.74) is 1.20. The Bertz CT molecular complexity index is 861. The van der Waals surface area contributed by atoms with Gasteiger partial charge in [-0.1, -0.05) is 12.1 Å². The molecule has 23 heavy (non-hydrogen) atoms. The normalized spacial score (nSPS) is 16.2. The Balaban J connectivity index is 1.92. The second kappa shape index (κ2) is 6.15. The van der Waals surface area contributed by atoms with Crippen molar-refractivity contribution in [1.29, 1.82) is 5.26 Å². The molecule has 6 heteroatoms. The molecule has 2 heterocycles. The van der Waals surface area contributed by atoms with E-state index >= 15 is 0 Å². The Morgan fingerprint density at radius 3 is 2.74 bits per heavy atom. The molecular weight excluding hydrogens is 312 g/mol. The molecule has 0 saturated carbocycles. The molecule has 0 unspecified atom stereocenters. The van der Waals surface area contributed by atoms with Crippen molar-refractivity contribution in [3.8, 4) is 17.4 Å². The molecule has 0 radical (unpaired) electrons. The summed E-state index contributed by atoms with van der Waals surface area (Å²) in [5.74, 6) is 0.704. The Morgan fingerprint density at radius 2 is 2.04 bits per heavy atom. The van der Waals surface area contributed by atoms with Crippen LogP contribution in [-0.2, 0) is 4.79 Å². The lowest BCUT2D eigenvalue weighted by atomic mass is 10.1. The molecule has 0 atom stereocenters. The van der Waals surface area contributed by atoms with Gasteiger partial charge in [0.15, 0.2) is 0 Å². The maximum Gasteiger partial charge on any atom is 0.293 e. The molecule has 0 aliphatic carbocycles. The van der Waals surface area contributed by atoms with Crippen molar-refractivity contribution in [2.75, 3.05) is 6.54 Å². The molecule has 3 rings (SSSR count). The minimum absolute atomic E-state index is 0.273. The van der Waals surface area contributed by atoms with E-state index in [1.165, 1.54) is 4.90 Å². The third-order valence-electron chi connectivity index (χ3n) is 3.40. The summed E-state index contributed by atoms with van der Waals surface area (Å²) < 4.78 is 5.70. The Morgan fingerprint density at radius 1 is 1.26 bits per heavy atom. The van der Waals surface area contributed by atoms with E-state index in [0.29, 0.717) is 34.1 Å². The zero-order valence-corrected chi connectivity index (χ0v) is 13.1. The van der Waals surface area contributed by atoms with E-state index in [2.05, 4.69) is 6.07 Å². The van der Waals surface area contributed by atoms with Gasteiger partial charge < -0.3 is 4.42 Å². The summed E-state index contributed by atoms with van der Waals surface area (Å²) in [6.07, 6.45) is 1.55. The maximum atomic E-state index is 12.1. The molecule has 0 spiro atoms. The molecule has 1 fully saturated rings. The smallest absolute Gasteiger partial charge is 0.293 e. The second-order valence-electron chi connectivity index (χ2n) is 4.79. The first-order valence-corrected chi connectivity index (χ1v) is 7.80. The lowest BCUT2D eigenvalue weighted by Crippen LogP contribution is -2.27. The maximum absolute atomic E-state index is 12.1. The van der Waals surface area contributed by atoms with Gasteiger partial charge in [0.2, 0.25) is 0 Å². The van der Waals surface area contributed by atoms with E-state index in [0.717, 1.165) is 11.8 Å². The molecular formula is C17H12N2O3S. The van der Waals surface area contributed by atoms with Crippen molar-refractivity contribution in [3.63, 3.8) is 0 Å². The number of thioether (sulfide) groups is 1. The average Bonchev–Trinajstić information content (AvgIpc) is 3.12. The van der Waals surface area contributed by atoms with Crippen LogP contribution in [0.5, 0.6) is 0 Å². The summed E-state index contributed by atoms with van der Waals surface area (Å²) in [6.45, 7) is 2.10. The van der Waals surface area contributed by atoms with Crippen LogP contribution in [0.15, 0.2) is 45.7 Å². The van der Waals surface area contributed by atoms with Gasteiger partial charge in [0.25, 0.3) is 11.1 Å². The molecule has 1 saturated heterocycles. The first-order valence-electron chi connectivity index (χ1n) is 6.98. The number of amides is 2. The van der Waals surface area contributed by atoms with Crippen LogP contribution < -0.4 is 0 Å². The van der Waals surface area contributed by atoms with Crippen LogP contribution >= 0.6 is 11.8 Å². The number of rotatable bonds is 3. The van der Waals surface area contributed by atoms with Crippen molar-refractivity contribution in [1.82, 2.24) is 4.90 Å². The Kier molecular flexibility index (Phi) is 4.04. The van der Waals surface area contributed by atoms with Crippen LogP contribution in [-0.4, -0.2) is 22.6 Å². The van der Waals surface area contributed by atoms with Crippen LogP contribution in [0.2, 0.25) is 0 Å². The van der Waals surface area contributed by atoms with Gasteiger partial charge in [-0.25, -0.2) is 0 Å². The van der Waals surface area contributed by atoms with Crippen LogP contribution in [0.3, 0.4) is 0 Å². The highest BCUT2D eigenvalue weighted by Crippen LogP contribution is 2.33. The minimum Gasteiger partial charge on any atom is -0.457 e. The molecule has 114 valence electrons. The molecule has 5 nitrogen and oxygen atoms in total. The number of nitriles is 1. The fourth-order valence-corrected chi connectivity index (χ4v) is 3.16. The number of carbonyl (C=O) groups is 2. The van der Waals surface area contributed by atoms with Gasteiger partial charge in [0.05, 0.1) is 16.5 Å². The van der Waals surface area contributed by atoms with Crippen molar-refractivity contribution < 1.29 is 14.0 Å². The molecule has 1 aromatic heterocycles. The van der Waals surface area contributed by atoms with Gasteiger partial charge in [-0.15, -0.1) is 0 Å². The standard InChI is InChI=1S/C17H12N2O3S/c1-2-19-16(20)15(23-17(19)21)9-12-7-8-14(22-12)13-6-4-3-5-11(13)10-18/h3-9H,2H2,1H3/b15-9-. The number of imide groups is 1. The highest BCUT2D eigenvalue weighted by atomic mass is 32.2. The number of hydrogen-bond donors (Lipinski definition) is 0. The zero-order valence-electron chi connectivity index (χ0n) is 12.3. The van der Waals surface area contributed by atoms with Crippen LogP contribution in [0.4, 0.5) is 4.79 Å². The molecule has 1 aliphatic rings. The largest absolute Gasteiger partial charge is 0.457 e. The minimum atomic E-state index is -0.308. The van der Waals surface area contributed by atoms with Crippen molar-refractivity contribution in [2.24, 2.45) is 0 Å². The fraction of sp³-hybridized carbons (Fsp3) is 0.118. The average molecular weight is 324 g/mol. The van der Waals surface area contributed by atoms with Gasteiger partial charge in [0, 0.05) is 18.2 Å². The van der Waals surface area contributed by atoms with Crippen LogP contribution in [0, 0.1) is 11.3 Å². The van der Waals surface area contributed by atoms with E-state index in [1.54, 1.807) is 43.3 Å². The van der Waals surface area contributed by atoms with Gasteiger partial charge in [-0.2, -0.15) is 5.26 Å². The number of carbonyl (C=O) groups excluding carboxylic acids is 2. The van der Waals surface area contributed by atoms with E-state index in [1.807, 2.05) is 6.07 Å². The predicted molar refractivity (Wildman–Crippen MR) is 87.2 cm³/mol. The first-order chi connectivity index (χ1) is 11.1. The first kappa shape index (κ1) is 15.1. The molecule has 1 aromatic carbocycles. The molecule has 0 N–H and O–H groups in total. The van der Waals surface area contributed by atoms with Crippen molar-refractivity contribution in [3.05, 3.63) is 52.6 Å². The number of furan rings is 1. The summed E-state index contributed by atoms with van der Waals surface area (Å²) >= 11 is 0.900. The van der Waals surface area contributed by atoms with Gasteiger partial charge in [-0.05, 0) is 43.0 Å². The third kappa shape index (κ3) is 2.79. The third-order valence-corrected chi connectivity index (χ3v) is 4.31. The Hall–Kier alpha value is -2.78. The predicted octanol–water partition coefficient (Wildman–Crippen LogP) is 3.87. The monoisotopic (exact) mass is 324 g/mol. The van der Waals surface area contributed by atoms with E-state index in [9.17, 15) is 9.59 Å². The summed E-state index contributed by atoms with van der Waals surface area (Å²) in [5, 5.41) is 8.87. The lowest BCUT2D eigenvalue weighted by Gasteiger charge is -2.06. The number of hydrogen-bond acceptors (Lipinski definition) is 5. The highest BCUT2D eigenvalue weighted by Gasteiger charge is 2.33. The summed E-state index contributed by atoms with van der Waals surface area (Å²) in [4.78, 5) is 25.3. The SMILES string of the molecule is CCN1C(=O)S/C(=C\c2ccc(-c3ccccc3C#N)o2)C1=O. The van der Waals surface area contributed by atoms with Gasteiger partial charge in [0.1, 0.15) is 11.5 Å². The lowest BCUT2D eigenvalue weighted by molar-refractivity contribution is -0.122. The highest BCUT2D eigenvalue weighted by molar-refractivity contribution is 8.18. The molecule has 0 bridgehead atoms. The quantitative estimate of drug-likeness (QED) is 0.801. The van der Waals surface area contributed by atoms with E-state index in [-0.39, 0.29) is 11.1 Å². The topological polar surface area (TPSA) is 74.3 Å². The van der Waals surface area contributed by atoms with Gasteiger partial charge in [-0.3, -0.25) is 14.5 Å². The molecule has 2 aromatic rings. The summed E-state index contributed by atoms with van der Waals surface area (Å²) in [7, 11) is 0. The summed E-state index contributed by atoms with van der Waals surface area (Å²) in [6, 6.07) is 12.7. The number of benzene rings is 1. The van der Waals surface area contributed by atoms with E-state index in [4.69, 9.17) is 9.68 Å². The van der Waals surface area contributed by atoms with Crippen molar-refractivity contribution >= 4 is 29.0 Å². The second-order valence-corrected chi connectivity index (χ2v) is 5.78. The van der Waals surface area contributed by atoms with Crippen LogP contribution in [0.25, 0.3) is 17.4 Å². The fourth-order valence-electron chi connectivity index (χ4n) is 2.27. The van der Waals surface area contributed by atoms with Gasteiger partial charge >= 0.3 is 0 Å². The zero-order chi connectivity index (χ0) is 16.4. The molecule has 1 aliphatic heterocycles.